The van der Waals surface area contributed by atoms with E-state index in [1.165, 1.54) is 6.20 Å². The number of nitrogens with zero attached hydrogens (tertiary/aromatic N) is 3. The standard InChI is InChI=1S/C16H21N5O.2ClH/c22-16(18-6-3-9-21-10-7-17-8-11-21)15-12-19-13-4-1-2-5-14(13)20-15;;/h1-2,4-5,12,17H,3,6-11H2,(H,18,22);2*1H. The van der Waals surface area contributed by atoms with E-state index in [0.717, 1.165) is 50.2 Å². The molecule has 1 fully saturated rings. The van der Waals surface area contributed by atoms with E-state index in [9.17, 15) is 4.79 Å². The first-order valence-electron chi connectivity index (χ1n) is 7.76. The summed E-state index contributed by atoms with van der Waals surface area (Å²) < 4.78 is 0. The summed E-state index contributed by atoms with van der Waals surface area (Å²) in [6.45, 7) is 5.97. The highest BCUT2D eigenvalue weighted by molar-refractivity contribution is 5.93. The molecule has 2 N–H and O–H groups in total. The summed E-state index contributed by atoms with van der Waals surface area (Å²) in [7, 11) is 0. The first-order valence-corrected chi connectivity index (χ1v) is 7.76. The third kappa shape index (κ3) is 5.56. The number of aromatic nitrogens is 2. The number of benzene rings is 1. The SMILES string of the molecule is Cl.Cl.O=C(NCCCN1CCNCC1)c1cnc2ccccc2n1. The van der Waals surface area contributed by atoms with E-state index in [1.54, 1.807) is 0 Å². The van der Waals surface area contributed by atoms with E-state index in [-0.39, 0.29) is 30.7 Å². The van der Waals surface area contributed by atoms with Crippen molar-refractivity contribution in [2.24, 2.45) is 0 Å². The largest absolute Gasteiger partial charge is 0.351 e. The minimum absolute atomic E-state index is 0. The monoisotopic (exact) mass is 371 g/mol. The van der Waals surface area contributed by atoms with Gasteiger partial charge in [0.15, 0.2) is 0 Å². The second kappa shape index (κ2) is 10.4. The van der Waals surface area contributed by atoms with E-state index < -0.39 is 0 Å². The molecule has 8 heteroatoms. The number of carbonyl (C=O) groups excluding carboxylic acids is 1. The van der Waals surface area contributed by atoms with Crippen LogP contribution in [0, 0.1) is 0 Å². The van der Waals surface area contributed by atoms with Crippen molar-refractivity contribution in [3.05, 3.63) is 36.2 Å². The van der Waals surface area contributed by atoms with Crippen LogP contribution in [0.15, 0.2) is 30.5 Å². The van der Waals surface area contributed by atoms with Gasteiger partial charge in [-0.2, -0.15) is 0 Å². The van der Waals surface area contributed by atoms with Crippen LogP contribution in [0.2, 0.25) is 0 Å². The number of hydrogen-bond acceptors (Lipinski definition) is 5. The van der Waals surface area contributed by atoms with Crippen LogP contribution < -0.4 is 10.6 Å². The molecular formula is C16H23Cl2N5O. The fraction of sp³-hybridized carbons (Fsp3) is 0.438. The first-order chi connectivity index (χ1) is 10.8. The molecule has 1 aliphatic rings. The van der Waals surface area contributed by atoms with Crippen LogP contribution in [0.25, 0.3) is 11.0 Å². The number of nitrogens with one attached hydrogen (secondary N) is 2. The van der Waals surface area contributed by atoms with Crippen LogP contribution in [0.3, 0.4) is 0 Å². The van der Waals surface area contributed by atoms with Gasteiger partial charge in [0.1, 0.15) is 5.69 Å². The van der Waals surface area contributed by atoms with Crippen molar-refractivity contribution in [1.82, 2.24) is 25.5 Å². The van der Waals surface area contributed by atoms with E-state index in [1.807, 2.05) is 24.3 Å². The fourth-order valence-electron chi connectivity index (χ4n) is 2.60. The predicted octanol–water partition coefficient (Wildman–Crippen LogP) is 1.50. The quantitative estimate of drug-likeness (QED) is 0.779. The number of piperazine rings is 1. The maximum absolute atomic E-state index is 12.1. The van der Waals surface area contributed by atoms with Gasteiger partial charge in [0.2, 0.25) is 0 Å². The summed E-state index contributed by atoms with van der Waals surface area (Å²) in [5.41, 5.74) is 1.93. The molecule has 0 aliphatic carbocycles. The zero-order chi connectivity index (χ0) is 15.2. The molecule has 0 bridgehead atoms. The molecule has 0 unspecified atom stereocenters. The highest BCUT2D eigenvalue weighted by Gasteiger charge is 2.10. The lowest BCUT2D eigenvalue weighted by atomic mass is 10.3. The Kier molecular flexibility index (Phi) is 8.92. The third-order valence-electron chi connectivity index (χ3n) is 3.83. The second-order valence-corrected chi connectivity index (χ2v) is 5.45. The van der Waals surface area contributed by atoms with Crippen molar-refractivity contribution < 1.29 is 4.79 Å². The van der Waals surface area contributed by atoms with Crippen molar-refractivity contribution in [2.45, 2.75) is 6.42 Å². The number of para-hydroxylation sites is 2. The lowest BCUT2D eigenvalue weighted by Gasteiger charge is -2.27. The second-order valence-electron chi connectivity index (χ2n) is 5.45. The van der Waals surface area contributed by atoms with Crippen molar-refractivity contribution in [3.63, 3.8) is 0 Å². The summed E-state index contributed by atoms with van der Waals surface area (Å²) in [6.07, 6.45) is 2.49. The summed E-state index contributed by atoms with van der Waals surface area (Å²) in [4.78, 5) is 23.1. The molecule has 0 spiro atoms. The van der Waals surface area contributed by atoms with Gasteiger partial charge in [-0.15, -0.1) is 24.8 Å². The summed E-state index contributed by atoms with van der Waals surface area (Å²) >= 11 is 0. The average Bonchev–Trinajstić information content (AvgIpc) is 2.59. The van der Waals surface area contributed by atoms with E-state index in [2.05, 4.69) is 25.5 Å². The number of halogens is 2. The van der Waals surface area contributed by atoms with Gasteiger partial charge < -0.3 is 15.5 Å². The molecule has 1 amide bonds. The molecule has 6 nitrogen and oxygen atoms in total. The molecule has 1 aromatic carbocycles. The Balaban J connectivity index is 0.00000144. The van der Waals surface area contributed by atoms with Crippen LogP contribution in [0.5, 0.6) is 0 Å². The number of carbonyl (C=O) groups is 1. The number of amides is 1. The van der Waals surface area contributed by atoms with E-state index in [4.69, 9.17) is 0 Å². The van der Waals surface area contributed by atoms with Crippen LogP contribution >= 0.6 is 24.8 Å². The molecule has 1 aromatic heterocycles. The van der Waals surface area contributed by atoms with Crippen LogP contribution in [0.1, 0.15) is 16.9 Å². The van der Waals surface area contributed by atoms with Gasteiger partial charge in [-0.05, 0) is 25.1 Å². The highest BCUT2D eigenvalue weighted by Crippen LogP contribution is 2.08. The first kappa shape index (κ1) is 20.6. The van der Waals surface area contributed by atoms with Gasteiger partial charge in [0, 0.05) is 32.7 Å². The predicted molar refractivity (Wildman–Crippen MR) is 100 cm³/mol. The Hall–Kier alpha value is -1.47. The molecule has 132 valence electrons. The Morgan fingerprint density at radius 1 is 1.17 bits per heavy atom. The number of fused-ring (bicyclic) bond motifs is 1. The van der Waals surface area contributed by atoms with Crippen molar-refractivity contribution >= 4 is 41.8 Å². The third-order valence-corrected chi connectivity index (χ3v) is 3.83. The topological polar surface area (TPSA) is 70.2 Å². The molecule has 0 atom stereocenters. The molecule has 3 rings (SSSR count). The average molecular weight is 372 g/mol. The van der Waals surface area contributed by atoms with E-state index >= 15 is 0 Å². The molecular weight excluding hydrogens is 349 g/mol. The maximum atomic E-state index is 12.1. The van der Waals surface area contributed by atoms with Gasteiger partial charge in [-0.25, -0.2) is 4.98 Å². The molecule has 2 aromatic rings. The lowest BCUT2D eigenvalue weighted by molar-refractivity contribution is 0.0946. The van der Waals surface area contributed by atoms with Crippen molar-refractivity contribution in [1.29, 1.82) is 0 Å². The Morgan fingerprint density at radius 3 is 2.62 bits per heavy atom. The van der Waals surface area contributed by atoms with Gasteiger partial charge in [0.25, 0.3) is 5.91 Å². The van der Waals surface area contributed by atoms with Gasteiger partial charge in [0.05, 0.1) is 17.2 Å². The Bertz CT molecular complexity index is 649. The van der Waals surface area contributed by atoms with Crippen LogP contribution in [-0.4, -0.2) is 60.0 Å². The van der Waals surface area contributed by atoms with Gasteiger partial charge in [-0.3, -0.25) is 9.78 Å². The normalized spacial score (nSPS) is 14.5. The Labute approximate surface area is 154 Å². The number of rotatable bonds is 5. The van der Waals surface area contributed by atoms with Crippen LogP contribution in [0.4, 0.5) is 0 Å². The Morgan fingerprint density at radius 2 is 1.88 bits per heavy atom. The van der Waals surface area contributed by atoms with Gasteiger partial charge >= 0.3 is 0 Å². The van der Waals surface area contributed by atoms with E-state index in [0.29, 0.717) is 12.2 Å². The molecule has 24 heavy (non-hydrogen) atoms. The fourth-order valence-corrected chi connectivity index (χ4v) is 2.60. The summed E-state index contributed by atoms with van der Waals surface area (Å²) in [5, 5.41) is 6.25. The van der Waals surface area contributed by atoms with Crippen LogP contribution in [-0.2, 0) is 0 Å². The molecule has 1 saturated heterocycles. The molecule has 2 heterocycles. The zero-order valence-electron chi connectivity index (χ0n) is 13.4. The number of hydrogen-bond donors (Lipinski definition) is 2. The molecule has 1 aliphatic heterocycles. The summed E-state index contributed by atoms with van der Waals surface area (Å²) in [6, 6.07) is 7.56. The van der Waals surface area contributed by atoms with Crippen molar-refractivity contribution in [2.75, 3.05) is 39.3 Å². The molecule has 0 radical (unpaired) electrons. The smallest absolute Gasteiger partial charge is 0.271 e. The zero-order valence-corrected chi connectivity index (χ0v) is 15.0. The lowest BCUT2D eigenvalue weighted by Crippen LogP contribution is -2.44. The maximum Gasteiger partial charge on any atom is 0.271 e. The highest BCUT2D eigenvalue weighted by atomic mass is 35.5. The summed E-state index contributed by atoms with van der Waals surface area (Å²) in [5.74, 6) is -0.154. The molecule has 0 saturated carbocycles. The van der Waals surface area contributed by atoms with Gasteiger partial charge in [-0.1, -0.05) is 12.1 Å². The minimum Gasteiger partial charge on any atom is -0.351 e. The minimum atomic E-state index is -0.154. The van der Waals surface area contributed by atoms with Crippen molar-refractivity contribution in [3.8, 4) is 0 Å².